The van der Waals surface area contributed by atoms with Crippen LogP contribution in [0.15, 0.2) is 30.6 Å². The van der Waals surface area contributed by atoms with Crippen LogP contribution in [0.4, 0.5) is 0 Å². The standard InChI is InChI=1S/C6H8N.4CO.Co.H2O.O/c1-7-5-3-2-4-6-7;4*1-2;;;/h2-6H,1H3;;;;;;1H2;/q+1;;;;;;;/p-1. The van der Waals surface area contributed by atoms with Crippen molar-refractivity contribution in [2.45, 2.75) is 0 Å². The minimum atomic E-state index is -0.812. The van der Waals surface area contributed by atoms with Gasteiger partial charge in [0.25, 0.3) is 27.2 Å². The number of nitrogens with zero attached hydrogens (tertiary/aromatic N) is 1. The number of hydrogen-bond acceptors (Lipinski definition) is 5. The molecule has 1 rings (SSSR count). The van der Waals surface area contributed by atoms with Crippen LogP contribution in [0.1, 0.15) is 0 Å². The van der Waals surface area contributed by atoms with Gasteiger partial charge in [-0.05, 0) is 0 Å². The molecule has 1 aromatic heterocycles. The summed E-state index contributed by atoms with van der Waals surface area (Å²) >= 11 is -0.812. The van der Waals surface area contributed by atoms with Crippen molar-refractivity contribution in [2.75, 3.05) is 0 Å². The first-order chi connectivity index (χ1) is 8.81. The van der Waals surface area contributed by atoms with Crippen molar-refractivity contribution in [3.05, 3.63) is 30.6 Å². The SMILES string of the molecule is C[n+]1ccccc1.[C]=O.[C]=O.[C]=O.[C]=O.[O]=[Co-][OH]. The van der Waals surface area contributed by atoms with Crippen molar-refractivity contribution >= 4 is 27.2 Å². The molecular formula is C10H9CoNO6. The normalized spacial score (nSPS) is 5.44. The molecule has 8 heteroatoms. The molecule has 0 bridgehead atoms. The number of hydrogen-bond donors (Lipinski definition) is 1. The Hall–Kier alpha value is -1.90. The molecule has 1 aromatic rings. The minimum absolute atomic E-state index is 0.812. The van der Waals surface area contributed by atoms with Crippen LogP contribution < -0.4 is 4.57 Å². The molecular weight excluding hydrogens is 289 g/mol. The fraction of sp³-hybridized carbons (Fsp3) is 0.100. The van der Waals surface area contributed by atoms with E-state index in [-0.39, 0.29) is 0 Å². The first-order valence-corrected chi connectivity index (χ1v) is 4.29. The van der Waals surface area contributed by atoms with Crippen molar-refractivity contribution in [1.29, 1.82) is 0 Å². The summed E-state index contributed by atoms with van der Waals surface area (Å²) in [5.41, 5.74) is 0. The second-order valence-electron chi connectivity index (χ2n) is 1.60. The first kappa shape index (κ1) is 29.8. The predicted molar refractivity (Wildman–Crippen MR) is 53.3 cm³/mol. The zero-order chi connectivity index (χ0) is 15.8. The average molecular weight is 298 g/mol. The summed E-state index contributed by atoms with van der Waals surface area (Å²) in [5, 5.41) is 0. The molecule has 0 fully saturated rings. The van der Waals surface area contributed by atoms with Gasteiger partial charge in [0, 0.05) is 12.1 Å². The van der Waals surface area contributed by atoms with E-state index in [9.17, 15) is 0 Å². The van der Waals surface area contributed by atoms with Gasteiger partial charge >= 0.3 is 23.0 Å². The summed E-state index contributed by atoms with van der Waals surface area (Å²) in [7, 11) is 2.00. The van der Waals surface area contributed by atoms with Gasteiger partial charge in [-0.1, -0.05) is 6.07 Å². The summed E-state index contributed by atoms with van der Waals surface area (Å²) < 4.78 is 17.4. The van der Waals surface area contributed by atoms with E-state index in [0.717, 1.165) is 0 Å². The fourth-order valence-electron chi connectivity index (χ4n) is 0.485. The molecule has 8 radical (unpaired) electrons. The van der Waals surface area contributed by atoms with Crippen LogP contribution in [-0.4, -0.2) is 31.4 Å². The molecule has 7 nitrogen and oxygen atoms in total. The molecule has 0 spiro atoms. The van der Waals surface area contributed by atoms with Crippen LogP contribution in [-0.2, 0) is 45.0 Å². The van der Waals surface area contributed by atoms with E-state index in [2.05, 4.69) is 27.2 Å². The van der Waals surface area contributed by atoms with E-state index in [4.69, 9.17) is 27.3 Å². The van der Waals surface area contributed by atoms with Gasteiger partial charge in [0.2, 0.25) is 0 Å². The van der Waals surface area contributed by atoms with Crippen molar-refractivity contribution in [3.63, 3.8) is 0 Å². The summed E-state index contributed by atoms with van der Waals surface area (Å²) in [6.07, 6.45) is 4.00. The van der Waals surface area contributed by atoms with E-state index in [1.807, 2.05) is 42.2 Å². The van der Waals surface area contributed by atoms with E-state index in [0.29, 0.717) is 0 Å². The van der Waals surface area contributed by atoms with E-state index in [1.54, 1.807) is 0 Å². The zero-order valence-electron chi connectivity index (χ0n) is 9.16. The van der Waals surface area contributed by atoms with Gasteiger partial charge < -0.3 is 0 Å². The molecule has 0 unspecified atom stereocenters. The fourth-order valence-corrected chi connectivity index (χ4v) is 0.485. The van der Waals surface area contributed by atoms with Crippen LogP contribution in [0.5, 0.6) is 0 Å². The quantitative estimate of drug-likeness (QED) is 0.568. The predicted octanol–water partition coefficient (Wildman–Crippen LogP) is -1.76. The number of pyridine rings is 1. The Bertz CT molecular complexity index is 229. The summed E-state index contributed by atoms with van der Waals surface area (Å²) in [6.45, 7) is 18.0. The Morgan fingerprint density at radius 1 is 0.833 bits per heavy atom. The molecule has 0 aliphatic rings. The van der Waals surface area contributed by atoms with Crippen LogP contribution in [0, 0.1) is 0 Å². The Morgan fingerprint density at radius 2 is 1.06 bits per heavy atom. The van der Waals surface area contributed by atoms with Crippen LogP contribution in [0.2, 0.25) is 0 Å². The van der Waals surface area contributed by atoms with Crippen molar-refractivity contribution in [3.8, 4) is 0 Å². The second kappa shape index (κ2) is 59.6. The van der Waals surface area contributed by atoms with Gasteiger partial charge in [-0.25, -0.2) is 4.57 Å². The third-order valence-electron chi connectivity index (χ3n) is 0.865. The van der Waals surface area contributed by atoms with Crippen molar-refractivity contribution in [1.82, 2.24) is 0 Å². The van der Waals surface area contributed by atoms with Gasteiger partial charge in [0.1, 0.15) is 7.05 Å². The maximum absolute atomic E-state index is 8.45. The van der Waals surface area contributed by atoms with Gasteiger partial charge in [-0.15, -0.1) is 0 Å². The Labute approximate surface area is 112 Å². The summed E-state index contributed by atoms with van der Waals surface area (Å²) in [5.74, 6) is 0. The molecule has 0 aromatic carbocycles. The molecule has 0 aliphatic carbocycles. The van der Waals surface area contributed by atoms with Crippen LogP contribution >= 0.6 is 0 Å². The Balaban J connectivity index is -0.0000000442. The first-order valence-electron chi connectivity index (χ1n) is 3.40. The summed E-state index contributed by atoms with van der Waals surface area (Å²) in [6, 6.07) is 6.00. The molecule has 0 atom stereocenters. The van der Waals surface area contributed by atoms with E-state index >= 15 is 0 Å². The van der Waals surface area contributed by atoms with Gasteiger partial charge in [0.05, 0.1) is 0 Å². The molecule has 0 amide bonds. The summed E-state index contributed by atoms with van der Waals surface area (Å²) in [4.78, 5) is 30.0. The van der Waals surface area contributed by atoms with Crippen LogP contribution in [0.25, 0.3) is 0 Å². The molecule has 1 N–H and O–H groups in total. The number of rotatable bonds is 0. The van der Waals surface area contributed by atoms with E-state index in [1.165, 1.54) is 0 Å². The number of aromatic nitrogens is 1. The van der Waals surface area contributed by atoms with Crippen LogP contribution in [0.3, 0.4) is 0 Å². The molecule has 0 saturated heterocycles. The van der Waals surface area contributed by atoms with Crippen molar-refractivity contribution < 1.29 is 46.8 Å². The Kier molecular flexibility index (Phi) is 98.6. The number of carbonyl (C=O) groups excluding carboxylic acids is 4. The molecule has 0 saturated carbocycles. The molecule has 1 heterocycles. The average Bonchev–Trinajstić information content (AvgIpc) is 2.49. The second-order valence-corrected chi connectivity index (χ2v) is 1.79. The van der Waals surface area contributed by atoms with E-state index < -0.39 is 15.0 Å². The van der Waals surface area contributed by atoms with Gasteiger partial charge in [-0.2, -0.15) is 0 Å². The third kappa shape index (κ3) is 65.1. The van der Waals surface area contributed by atoms with Gasteiger partial charge in [-0.3, -0.25) is 19.2 Å². The molecule has 0 aliphatic heterocycles. The van der Waals surface area contributed by atoms with Gasteiger partial charge in [0.15, 0.2) is 12.4 Å². The zero-order valence-corrected chi connectivity index (χ0v) is 10.2. The maximum atomic E-state index is 8.45. The number of aryl methyl sites for hydroxylation is 1. The molecule has 99 valence electrons. The topological polar surface area (TPSA) is 109 Å². The third-order valence-corrected chi connectivity index (χ3v) is 0.865. The Morgan fingerprint density at radius 3 is 1.17 bits per heavy atom. The monoisotopic (exact) mass is 298 g/mol. The van der Waals surface area contributed by atoms with Crippen molar-refractivity contribution in [2.24, 2.45) is 7.05 Å². The molecule has 18 heavy (non-hydrogen) atoms.